The molecular weight excluding hydrogens is 442 g/mol. The number of phenols is 2. The molecule has 0 saturated carbocycles. The lowest BCUT2D eigenvalue weighted by Gasteiger charge is -2.14. The van der Waals surface area contributed by atoms with Crippen LogP contribution in [0, 0.1) is 0 Å². The maximum absolute atomic E-state index is 12.6. The molecule has 0 bridgehead atoms. The number of nitrogens with one attached hydrogen (secondary N) is 2. The van der Waals surface area contributed by atoms with Gasteiger partial charge >= 0.3 is 0 Å². The molecule has 1 fully saturated rings. The summed E-state index contributed by atoms with van der Waals surface area (Å²) in [5.74, 6) is -1.87. The van der Waals surface area contributed by atoms with Crippen LogP contribution >= 0.6 is 24.0 Å². The molecule has 1 aliphatic rings. The first-order valence-corrected chi connectivity index (χ1v) is 10.0. The SMILES string of the molecule is COc1cc(/C=C2/SC(=S)N(CC(=O)NNC(=O)c3ccccc3O)C2=O)ccc1O. The molecule has 0 spiro atoms. The van der Waals surface area contributed by atoms with E-state index in [9.17, 15) is 24.6 Å². The molecule has 0 atom stereocenters. The van der Waals surface area contributed by atoms with E-state index in [2.05, 4.69) is 10.9 Å². The van der Waals surface area contributed by atoms with Crippen LogP contribution in [0.3, 0.4) is 0 Å². The highest BCUT2D eigenvalue weighted by molar-refractivity contribution is 8.26. The minimum Gasteiger partial charge on any atom is -0.507 e. The van der Waals surface area contributed by atoms with Gasteiger partial charge in [-0.3, -0.25) is 30.1 Å². The molecule has 9 nitrogen and oxygen atoms in total. The van der Waals surface area contributed by atoms with Crippen LogP contribution in [0.4, 0.5) is 0 Å². The number of hydrogen-bond acceptors (Lipinski definition) is 8. The first-order valence-electron chi connectivity index (χ1n) is 8.79. The van der Waals surface area contributed by atoms with Gasteiger partial charge in [-0.1, -0.05) is 42.2 Å². The zero-order chi connectivity index (χ0) is 22.5. The number of hydrogen-bond donors (Lipinski definition) is 4. The summed E-state index contributed by atoms with van der Waals surface area (Å²) in [6, 6.07) is 10.4. The van der Waals surface area contributed by atoms with Gasteiger partial charge in [0.1, 0.15) is 16.6 Å². The second kappa shape index (κ2) is 9.49. The van der Waals surface area contributed by atoms with Crippen LogP contribution in [0.5, 0.6) is 17.2 Å². The number of thiocarbonyl (C=S) groups is 1. The van der Waals surface area contributed by atoms with Crippen molar-refractivity contribution in [1.82, 2.24) is 15.8 Å². The molecule has 3 amide bonds. The Bertz CT molecular complexity index is 1100. The molecule has 1 heterocycles. The van der Waals surface area contributed by atoms with Crippen molar-refractivity contribution in [2.75, 3.05) is 13.7 Å². The number of aromatic hydroxyl groups is 2. The lowest BCUT2D eigenvalue weighted by atomic mass is 10.2. The largest absolute Gasteiger partial charge is 0.507 e. The molecule has 11 heteroatoms. The second-order valence-corrected chi connectivity index (χ2v) is 7.89. The van der Waals surface area contributed by atoms with Gasteiger partial charge in [0.2, 0.25) is 0 Å². The predicted octanol–water partition coefficient (Wildman–Crippen LogP) is 1.77. The van der Waals surface area contributed by atoms with Crippen molar-refractivity contribution in [2.45, 2.75) is 0 Å². The Morgan fingerprint density at radius 1 is 1.16 bits per heavy atom. The number of methoxy groups -OCH3 is 1. The van der Waals surface area contributed by atoms with Crippen LogP contribution < -0.4 is 15.6 Å². The van der Waals surface area contributed by atoms with Crippen molar-refractivity contribution in [3.8, 4) is 17.2 Å². The van der Waals surface area contributed by atoms with E-state index in [1.165, 1.54) is 25.3 Å². The molecule has 0 unspecified atom stereocenters. The van der Waals surface area contributed by atoms with Gasteiger partial charge in [0, 0.05) is 0 Å². The Kier molecular flexibility index (Phi) is 6.78. The zero-order valence-corrected chi connectivity index (χ0v) is 17.8. The molecule has 3 rings (SSSR count). The van der Waals surface area contributed by atoms with Gasteiger partial charge in [0.25, 0.3) is 17.7 Å². The smallest absolute Gasteiger partial charge is 0.273 e. The summed E-state index contributed by atoms with van der Waals surface area (Å²) in [6.07, 6.45) is 1.57. The molecule has 160 valence electrons. The number of ether oxygens (including phenoxy) is 1. The van der Waals surface area contributed by atoms with Crippen LogP contribution in [0.25, 0.3) is 6.08 Å². The average Bonchev–Trinajstić information content (AvgIpc) is 3.01. The molecule has 4 N–H and O–H groups in total. The fourth-order valence-corrected chi connectivity index (χ4v) is 3.87. The van der Waals surface area contributed by atoms with E-state index < -0.39 is 24.3 Å². The van der Waals surface area contributed by atoms with Gasteiger partial charge < -0.3 is 14.9 Å². The van der Waals surface area contributed by atoms with E-state index in [-0.39, 0.29) is 27.1 Å². The van der Waals surface area contributed by atoms with Crippen LogP contribution in [-0.4, -0.2) is 50.8 Å². The highest BCUT2D eigenvalue weighted by Gasteiger charge is 2.33. The lowest BCUT2D eigenvalue weighted by Crippen LogP contribution is -2.47. The first kappa shape index (κ1) is 22.1. The maximum Gasteiger partial charge on any atom is 0.273 e. The number of amides is 3. The van der Waals surface area contributed by atoms with Crippen molar-refractivity contribution in [3.63, 3.8) is 0 Å². The molecule has 1 aliphatic heterocycles. The quantitative estimate of drug-likeness (QED) is 0.303. The fraction of sp³-hybridized carbons (Fsp3) is 0.100. The third kappa shape index (κ3) is 5.13. The van der Waals surface area contributed by atoms with E-state index in [0.717, 1.165) is 16.7 Å². The number of carbonyl (C=O) groups excluding carboxylic acids is 3. The minimum absolute atomic E-state index is 0.0133. The van der Waals surface area contributed by atoms with Crippen LogP contribution in [-0.2, 0) is 9.59 Å². The van der Waals surface area contributed by atoms with Crippen LogP contribution in [0.1, 0.15) is 15.9 Å². The third-order valence-corrected chi connectivity index (χ3v) is 5.52. The van der Waals surface area contributed by atoms with E-state index in [4.69, 9.17) is 17.0 Å². The molecular formula is C20H17N3O6S2. The number of phenolic OH excluding ortho intramolecular Hbond substituents is 2. The standard InChI is InChI=1S/C20H17N3O6S2/c1-29-15-8-11(6-7-14(15)25)9-16-19(28)23(20(30)31-16)10-17(26)21-22-18(27)12-4-2-3-5-13(12)24/h2-9,24-25H,10H2,1H3,(H,21,26)(H,22,27)/b16-9+. The number of rotatable bonds is 5. The summed E-state index contributed by atoms with van der Waals surface area (Å²) < 4.78 is 5.23. The summed E-state index contributed by atoms with van der Waals surface area (Å²) in [6.45, 7) is -0.401. The summed E-state index contributed by atoms with van der Waals surface area (Å²) in [7, 11) is 1.41. The fourth-order valence-electron chi connectivity index (χ4n) is 2.61. The van der Waals surface area contributed by atoms with Gasteiger partial charge in [0.15, 0.2) is 11.5 Å². The Morgan fingerprint density at radius 2 is 1.90 bits per heavy atom. The number of thioether (sulfide) groups is 1. The van der Waals surface area contributed by atoms with E-state index in [0.29, 0.717) is 10.5 Å². The van der Waals surface area contributed by atoms with Gasteiger partial charge in [-0.2, -0.15) is 0 Å². The summed E-state index contributed by atoms with van der Waals surface area (Å²) in [4.78, 5) is 38.3. The van der Waals surface area contributed by atoms with Crippen molar-refractivity contribution >= 4 is 52.1 Å². The first-order chi connectivity index (χ1) is 14.8. The average molecular weight is 460 g/mol. The number of nitrogens with zero attached hydrogens (tertiary/aromatic N) is 1. The predicted molar refractivity (Wildman–Crippen MR) is 118 cm³/mol. The molecule has 0 aromatic heterocycles. The Balaban J connectivity index is 1.62. The number of hydrazine groups is 1. The van der Waals surface area contributed by atoms with Gasteiger partial charge in [0.05, 0.1) is 17.6 Å². The minimum atomic E-state index is -0.710. The van der Waals surface area contributed by atoms with Crippen molar-refractivity contribution in [3.05, 3.63) is 58.5 Å². The monoisotopic (exact) mass is 459 g/mol. The van der Waals surface area contributed by atoms with E-state index in [1.54, 1.807) is 30.3 Å². The van der Waals surface area contributed by atoms with E-state index in [1.807, 2.05) is 0 Å². The van der Waals surface area contributed by atoms with Crippen LogP contribution in [0.2, 0.25) is 0 Å². The summed E-state index contributed by atoms with van der Waals surface area (Å²) in [5, 5.41) is 19.3. The zero-order valence-electron chi connectivity index (χ0n) is 16.1. The summed E-state index contributed by atoms with van der Waals surface area (Å²) >= 11 is 6.21. The molecule has 0 radical (unpaired) electrons. The van der Waals surface area contributed by atoms with E-state index >= 15 is 0 Å². The van der Waals surface area contributed by atoms with Gasteiger partial charge in [-0.05, 0) is 35.9 Å². The molecule has 2 aromatic carbocycles. The molecule has 1 saturated heterocycles. The summed E-state index contributed by atoms with van der Waals surface area (Å²) in [5.41, 5.74) is 4.95. The number of carbonyl (C=O) groups is 3. The number of para-hydroxylation sites is 1. The molecule has 0 aliphatic carbocycles. The van der Waals surface area contributed by atoms with Crippen molar-refractivity contribution in [1.29, 1.82) is 0 Å². The van der Waals surface area contributed by atoms with Gasteiger partial charge in [-0.25, -0.2) is 0 Å². The topological polar surface area (TPSA) is 128 Å². The highest BCUT2D eigenvalue weighted by atomic mass is 32.2. The Labute approximate surface area is 186 Å². The van der Waals surface area contributed by atoms with Crippen LogP contribution in [0.15, 0.2) is 47.4 Å². The molecule has 31 heavy (non-hydrogen) atoms. The Hall–Kier alpha value is -3.57. The highest BCUT2D eigenvalue weighted by Crippen LogP contribution is 2.34. The van der Waals surface area contributed by atoms with Gasteiger partial charge in [-0.15, -0.1) is 0 Å². The number of benzene rings is 2. The molecule has 2 aromatic rings. The maximum atomic E-state index is 12.6. The normalized spacial score (nSPS) is 14.6. The Morgan fingerprint density at radius 3 is 2.61 bits per heavy atom. The third-order valence-electron chi connectivity index (χ3n) is 4.14. The lowest BCUT2D eigenvalue weighted by molar-refractivity contribution is -0.129. The van der Waals surface area contributed by atoms with Crippen molar-refractivity contribution in [2.24, 2.45) is 0 Å². The van der Waals surface area contributed by atoms with Crippen molar-refractivity contribution < 1.29 is 29.3 Å². The second-order valence-electron chi connectivity index (χ2n) is 6.22.